The van der Waals surface area contributed by atoms with Crippen molar-refractivity contribution in [1.82, 2.24) is 15.5 Å². The van der Waals surface area contributed by atoms with Gasteiger partial charge in [-0.15, -0.1) is 0 Å². The number of likely N-dealkylation sites (tertiary alicyclic amines) is 1. The molecule has 0 atom stereocenters. The predicted molar refractivity (Wildman–Crippen MR) is 117 cm³/mol. The monoisotopic (exact) mass is 394 g/mol. The molecule has 3 rings (SSSR count). The fourth-order valence-electron chi connectivity index (χ4n) is 3.33. The fourth-order valence-corrected chi connectivity index (χ4v) is 3.33. The summed E-state index contributed by atoms with van der Waals surface area (Å²) < 4.78 is 6.01. The third-order valence-corrected chi connectivity index (χ3v) is 4.80. The molecule has 0 radical (unpaired) electrons. The summed E-state index contributed by atoms with van der Waals surface area (Å²) in [5.41, 5.74) is 2.20. The van der Waals surface area contributed by atoms with E-state index in [1.165, 1.54) is 0 Å². The smallest absolute Gasteiger partial charge is 0.244 e. The molecule has 1 amide bonds. The molecule has 0 bridgehead atoms. The second-order valence-electron chi connectivity index (χ2n) is 6.92. The molecule has 0 aromatic heterocycles. The van der Waals surface area contributed by atoms with E-state index in [9.17, 15) is 4.79 Å². The van der Waals surface area contributed by atoms with Crippen LogP contribution in [0.15, 0.2) is 59.6 Å². The molecule has 1 heterocycles. The van der Waals surface area contributed by atoms with Gasteiger partial charge in [-0.2, -0.15) is 0 Å². The van der Waals surface area contributed by atoms with Crippen molar-refractivity contribution >= 4 is 11.9 Å². The summed E-state index contributed by atoms with van der Waals surface area (Å²) in [7, 11) is 0. The van der Waals surface area contributed by atoms with E-state index < -0.39 is 0 Å². The number of hydrogen-bond acceptors (Lipinski definition) is 3. The summed E-state index contributed by atoms with van der Waals surface area (Å²) in [6.45, 7) is 5.71. The lowest BCUT2D eigenvalue weighted by molar-refractivity contribution is -0.128. The molecule has 6 nitrogen and oxygen atoms in total. The lowest BCUT2D eigenvalue weighted by Gasteiger charge is -2.16. The van der Waals surface area contributed by atoms with Crippen molar-refractivity contribution in [1.29, 1.82) is 0 Å². The Labute approximate surface area is 173 Å². The van der Waals surface area contributed by atoms with Crippen LogP contribution in [0.5, 0.6) is 5.75 Å². The molecule has 29 heavy (non-hydrogen) atoms. The van der Waals surface area contributed by atoms with Crippen LogP contribution in [0, 0.1) is 0 Å². The SMILES string of the molecule is CCNC(=NCC(=O)N1CCCC1)NCCOc1ccccc1-c1ccccc1. The number of guanidine groups is 1. The number of ether oxygens (including phenoxy) is 1. The topological polar surface area (TPSA) is 66.0 Å². The van der Waals surface area contributed by atoms with Gasteiger partial charge in [0.25, 0.3) is 0 Å². The predicted octanol–water partition coefficient (Wildman–Crippen LogP) is 2.91. The van der Waals surface area contributed by atoms with Gasteiger partial charge in [0.15, 0.2) is 5.96 Å². The number of rotatable bonds is 8. The zero-order valence-electron chi connectivity index (χ0n) is 17.1. The van der Waals surface area contributed by atoms with Crippen molar-refractivity contribution in [3.8, 4) is 16.9 Å². The summed E-state index contributed by atoms with van der Waals surface area (Å²) >= 11 is 0. The maximum atomic E-state index is 12.2. The molecule has 1 saturated heterocycles. The van der Waals surface area contributed by atoms with E-state index in [1.54, 1.807) is 0 Å². The molecule has 2 N–H and O–H groups in total. The van der Waals surface area contributed by atoms with Crippen molar-refractivity contribution in [3.63, 3.8) is 0 Å². The zero-order valence-corrected chi connectivity index (χ0v) is 17.1. The number of carbonyl (C=O) groups is 1. The van der Waals surface area contributed by atoms with Crippen molar-refractivity contribution in [2.45, 2.75) is 19.8 Å². The number of aliphatic imine (C=N–C) groups is 1. The second kappa shape index (κ2) is 11.1. The van der Waals surface area contributed by atoms with Crippen molar-refractivity contribution in [2.24, 2.45) is 4.99 Å². The number of nitrogens with one attached hydrogen (secondary N) is 2. The highest BCUT2D eigenvalue weighted by Crippen LogP contribution is 2.29. The van der Waals surface area contributed by atoms with Gasteiger partial charge in [-0.3, -0.25) is 4.79 Å². The number of para-hydroxylation sites is 1. The van der Waals surface area contributed by atoms with Gasteiger partial charge < -0.3 is 20.3 Å². The van der Waals surface area contributed by atoms with E-state index in [4.69, 9.17) is 4.74 Å². The van der Waals surface area contributed by atoms with Crippen LogP contribution in [0.3, 0.4) is 0 Å². The van der Waals surface area contributed by atoms with E-state index in [-0.39, 0.29) is 12.5 Å². The van der Waals surface area contributed by atoms with Gasteiger partial charge in [0.2, 0.25) is 5.91 Å². The molecule has 2 aromatic rings. The molecule has 0 spiro atoms. The van der Waals surface area contributed by atoms with E-state index in [0.717, 1.165) is 49.4 Å². The van der Waals surface area contributed by atoms with Crippen molar-refractivity contribution in [3.05, 3.63) is 54.6 Å². The maximum absolute atomic E-state index is 12.2. The Hall–Kier alpha value is -3.02. The summed E-state index contributed by atoms with van der Waals surface area (Å²) in [5.74, 6) is 1.58. The average Bonchev–Trinajstić information content (AvgIpc) is 3.31. The first kappa shape index (κ1) is 20.7. The Morgan fingerprint density at radius 3 is 2.52 bits per heavy atom. The van der Waals surface area contributed by atoms with Crippen LogP contribution in [0.1, 0.15) is 19.8 Å². The molecule has 154 valence electrons. The van der Waals surface area contributed by atoms with Gasteiger partial charge in [-0.25, -0.2) is 4.99 Å². The molecular formula is C23H30N4O2. The maximum Gasteiger partial charge on any atom is 0.244 e. The van der Waals surface area contributed by atoms with Gasteiger partial charge in [0.1, 0.15) is 18.9 Å². The molecule has 1 aliphatic heterocycles. The highest BCUT2D eigenvalue weighted by Gasteiger charge is 2.17. The minimum atomic E-state index is 0.0905. The van der Waals surface area contributed by atoms with Crippen molar-refractivity contribution < 1.29 is 9.53 Å². The van der Waals surface area contributed by atoms with Crippen LogP contribution in [0.25, 0.3) is 11.1 Å². The van der Waals surface area contributed by atoms with E-state index in [2.05, 4.69) is 33.8 Å². The number of benzene rings is 2. The Kier molecular flexibility index (Phi) is 7.92. The van der Waals surface area contributed by atoms with E-state index in [1.807, 2.05) is 48.2 Å². The standard InChI is InChI=1S/C23H30N4O2/c1-2-24-23(26-18-22(28)27-15-8-9-16-27)25-14-17-29-21-13-7-6-12-20(21)19-10-4-3-5-11-19/h3-7,10-13H,2,8-9,14-18H2,1H3,(H2,24,25,26). The largest absolute Gasteiger partial charge is 0.491 e. The first-order valence-electron chi connectivity index (χ1n) is 10.3. The molecule has 2 aromatic carbocycles. The second-order valence-corrected chi connectivity index (χ2v) is 6.92. The minimum absolute atomic E-state index is 0.0905. The summed E-state index contributed by atoms with van der Waals surface area (Å²) in [5, 5.41) is 6.42. The lowest BCUT2D eigenvalue weighted by atomic mass is 10.1. The fraction of sp³-hybridized carbons (Fsp3) is 0.391. The number of amides is 1. The summed E-state index contributed by atoms with van der Waals surface area (Å²) in [4.78, 5) is 18.5. The highest BCUT2D eigenvalue weighted by molar-refractivity contribution is 5.85. The molecular weight excluding hydrogens is 364 g/mol. The van der Waals surface area contributed by atoms with Crippen molar-refractivity contribution in [2.75, 3.05) is 39.3 Å². The molecule has 6 heteroatoms. The molecule has 0 aliphatic carbocycles. The quantitative estimate of drug-likeness (QED) is 0.410. The van der Waals surface area contributed by atoms with Gasteiger partial charge in [0.05, 0.1) is 6.54 Å². The minimum Gasteiger partial charge on any atom is -0.491 e. The van der Waals surface area contributed by atoms with Crippen LogP contribution in [0.4, 0.5) is 0 Å². The number of nitrogens with zero attached hydrogens (tertiary/aromatic N) is 2. The van der Waals surface area contributed by atoms with Gasteiger partial charge >= 0.3 is 0 Å². The van der Waals surface area contributed by atoms with Gasteiger partial charge in [-0.1, -0.05) is 48.5 Å². The molecule has 0 saturated carbocycles. The van der Waals surface area contributed by atoms with Crippen LogP contribution in [-0.4, -0.2) is 56.1 Å². The first-order chi connectivity index (χ1) is 14.3. The average molecular weight is 395 g/mol. The summed E-state index contributed by atoms with van der Waals surface area (Å²) in [6.07, 6.45) is 2.19. The Bertz CT molecular complexity index is 802. The zero-order chi connectivity index (χ0) is 20.3. The van der Waals surface area contributed by atoms with E-state index in [0.29, 0.717) is 19.1 Å². The third kappa shape index (κ3) is 6.24. The molecule has 1 fully saturated rings. The van der Waals surface area contributed by atoms with Crippen LogP contribution >= 0.6 is 0 Å². The van der Waals surface area contributed by atoms with Crippen LogP contribution in [0.2, 0.25) is 0 Å². The third-order valence-electron chi connectivity index (χ3n) is 4.80. The normalized spacial score (nSPS) is 14.0. The lowest BCUT2D eigenvalue weighted by Crippen LogP contribution is -2.40. The van der Waals surface area contributed by atoms with Gasteiger partial charge in [-0.05, 0) is 31.4 Å². The first-order valence-corrected chi connectivity index (χ1v) is 10.3. The van der Waals surface area contributed by atoms with E-state index >= 15 is 0 Å². The number of carbonyl (C=O) groups excluding carboxylic acids is 1. The van der Waals surface area contributed by atoms with Gasteiger partial charge in [0, 0.05) is 25.2 Å². The summed E-state index contributed by atoms with van der Waals surface area (Å²) in [6, 6.07) is 18.2. The molecule has 0 unspecified atom stereocenters. The van der Waals surface area contributed by atoms with Crippen LogP contribution < -0.4 is 15.4 Å². The molecule has 1 aliphatic rings. The number of hydrogen-bond donors (Lipinski definition) is 2. The van der Waals surface area contributed by atoms with Crippen LogP contribution in [-0.2, 0) is 4.79 Å². The Morgan fingerprint density at radius 2 is 1.76 bits per heavy atom. The Morgan fingerprint density at radius 1 is 1.03 bits per heavy atom. The Balaban J connectivity index is 1.50. The highest BCUT2D eigenvalue weighted by atomic mass is 16.5.